The normalized spacial score (nSPS) is 10.9. The fourth-order valence-electron chi connectivity index (χ4n) is 1.41. The molecule has 0 bridgehead atoms. The first-order valence-electron chi connectivity index (χ1n) is 4.49. The molecule has 0 unspecified atom stereocenters. The highest BCUT2D eigenvalue weighted by molar-refractivity contribution is 7.20. The quantitative estimate of drug-likeness (QED) is 0.633. The lowest BCUT2D eigenvalue weighted by atomic mass is 10.3. The van der Waals surface area contributed by atoms with Gasteiger partial charge >= 0.3 is 0 Å². The van der Waals surface area contributed by atoms with Crippen molar-refractivity contribution in [3.63, 3.8) is 0 Å². The SMILES string of the molecule is Nc1ccc2nc(-n3cccn3)sc2c1. The van der Waals surface area contributed by atoms with Crippen LogP contribution in [-0.4, -0.2) is 14.8 Å². The summed E-state index contributed by atoms with van der Waals surface area (Å²) in [5.41, 5.74) is 7.43. The Labute approximate surface area is 90.0 Å². The standard InChI is InChI=1S/C10H8N4S/c11-7-2-3-8-9(6-7)15-10(13-8)14-5-1-4-12-14/h1-6H,11H2. The fraction of sp³-hybridized carbons (Fsp3) is 0. The van der Waals surface area contributed by atoms with E-state index in [1.54, 1.807) is 22.2 Å². The van der Waals surface area contributed by atoms with Crippen LogP contribution in [-0.2, 0) is 0 Å². The van der Waals surface area contributed by atoms with Crippen molar-refractivity contribution in [1.29, 1.82) is 0 Å². The number of rotatable bonds is 1. The zero-order valence-corrected chi connectivity index (χ0v) is 8.61. The summed E-state index contributed by atoms with van der Waals surface area (Å²) in [6.45, 7) is 0. The van der Waals surface area contributed by atoms with Crippen LogP contribution in [0, 0.1) is 0 Å². The summed E-state index contributed by atoms with van der Waals surface area (Å²) in [6, 6.07) is 7.59. The highest BCUT2D eigenvalue weighted by Gasteiger charge is 2.05. The molecule has 0 saturated carbocycles. The Balaban J connectivity index is 2.22. The van der Waals surface area contributed by atoms with Crippen molar-refractivity contribution in [1.82, 2.24) is 14.8 Å². The molecule has 2 aromatic heterocycles. The van der Waals surface area contributed by atoms with E-state index < -0.39 is 0 Å². The molecule has 74 valence electrons. The molecule has 3 aromatic rings. The van der Waals surface area contributed by atoms with Crippen LogP contribution in [0.15, 0.2) is 36.7 Å². The van der Waals surface area contributed by atoms with Crippen LogP contribution in [0.25, 0.3) is 15.3 Å². The van der Waals surface area contributed by atoms with Gasteiger partial charge in [0.15, 0.2) is 0 Å². The third kappa shape index (κ3) is 1.37. The zero-order valence-electron chi connectivity index (χ0n) is 7.79. The maximum Gasteiger partial charge on any atom is 0.211 e. The Morgan fingerprint density at radius 1 is 1.33 bits per heavy atom. The van der Waals surface area contributed by atoms with Gasteiger partial charge in [-0.25, -0.2) is 9.67 Å². The van der Waals surface area contributed by atoms with Crippen LogP contribution in [0.3, 0.4) is 0 Å². The summed E-state index contributed by atoms with van der Waals surface area (Å²) in [6.07, 6.45) is 3.61. The molecule has 0 spiro atoms. The van der Waals surface area contributed by atoms with Crippen molar-refractivity contribution in [3.05, 3.63) is 36.7 Å². The number of nitrogens with two attached hydrogens (primary N) is 1. The van der Waals surface area contributed by atoms with Crippen LogP contribution in [0.4, 0.5) is 5.69 Å². The van der Waals surface area contributed by atoms with E-state index in [-0.39, 0.29) is 0 Å². The van der Waals surface area contributed by atoms with Crippen molar-refractivity contribution < 1.29 is 0 Å². The summed E-state index contributed by atoms with van der Waals surface area (Å²) in [5, 5.41) is 5.00. The Morgan fingerprint density at radius 2 is 2.27 bits per heavy atom. The summed E-state index contributed by atoms with van der Waals surface area (Å²) >= 11 is 1.58. The molecule has 15 heavy (non-hydrogen) atoms. The molecule has 0 aliphatic heterocycles. The van der Waals surface area contributed by atoms with Crippen LogP contribution < -0.4 is 5.73 Å². The van der Waals surface area contributed by atoms with Gasteiger partial charge in [0.05, 0.1) is 10.2 Å². The third-order valence-electron chi connectivity index (χ3n) is 2.10. The predicted molar refractivity (Wildman–Crippen MR) is 61.2 cm³/mol. The van der Waals surface area contributed by atoms with Gasteiger partial charge in [-0.05, 0) is 24.3 Å². The molecule has 1 aromatic carbocycles. The summed E-state index contributed by atoms with van der Waals surface area (Å²) in [7, 11) is 0. The van der Waals surface area contributed by atoms with E-state index in [0.29, 0.717) is 0 Å². The molecule has 0 fully saturated rings. The Hall–Kier alpha value is -1.88. The molecular formula is C10H8N4S. The van der Waals surface area contributed by atoms with Gasteiger partial charge in [-0.2, -0.15) is 5.10 Å². The Bertz CT molecular complexity index is 597. The number of benzene rings is 1. The fourth-order valence-corrected chi connectivity index (χ4v) is 2.36. The van der Waals surface area contributed by atoms with Crippen LogP contribution in [0.1, 0.15) is 0 Å². The first-order valence-corrected chi connectivity index (χ1v) is 5.31. The number of anilines is 1. The molecule has 0 amide bonds. The maximum atomic E-state index is 5.71. The molecular weight excluding hydrogens is 208 g/mol. The van der Waals surface area contributed by atoms with Crippen molar-refractivity contribution in [2.45, 2.75) is 0 Å². The Kier molecular flexibility index (Phi) is 1.72. The van der Waals surface area contributed by atoms with Crippen LogP contribution in [0.2, 0.25) is 0 Å². The van der Waals surface area contributed by atoms with E-state index >= 15 is 0 Å². The van der Waals surface area contributed by atoms with Gasteiger partial charge < -0.3 is 5.73 Å². The van der Waals surface area contributed by atoms with Gasteiger partial charge in [0.2, 0.25) is 5.13 Å². The van der Waals surface area contributed by atoms with Crippen molar-refractivity contribution in [3.8, 4) is 5.13 Å². The van der Waals surface area contributed by atoms with E-state index in [1.165, 1.54) is 0 Å². The predicted octanol–water partition coefficient (Wildman–Crippen LogP) is 2.06. The van der Waals surface area contributed by atoms with Gasteiger partial charge in [0.25, 0.3) is 0 Å². The number of hydrogen-bond donors (Lipinski definition) is 1. The second-order valence-electron chi connectivity index (χ2n) is 3.17. The lowest BCUT2D eigenvalue weighted by Crippen LogP contribution is -1.91. The molecule has 2 heterocycles. The van der Waals surface area contributed by atoms with Crippen LogP contribution >= 0.6 is 11.3 Å². The van der Waals surface area contributed by atoms with E-state index in [1.807, 2.05) is 30.5 Å². The monoisotopic (exact) mass is 216 g/mol. The van der Waals surface area contributed by atoms with Crippen molar-refractivity contribution >= 4 is 27.2 Å². The molecule has 0 aliphatic rings. The van der Waals surface area contributed by atoms with E-state index in [2.05, 4.69) is 10.1 Å². The van der Waals surface area contributed by atoms with E-state index in [9.17, 15) is 0 Å². The summed E-state index contributed by atoms with van der Waals surface area (Å²) in [4.78, 5) is 4.46. The van der Waals surface area contributed by atoms with Gasteiger partial charge in [0.1, 0.15) is 0 Å². The molecule has 0 atom stereocenters. The summed E-state index contributed by atoms with van der Waals surface area (Å²) < 4.78 is 2.83. The topological polar surface area (TPSA) is 56.7 Å². The molecule has 5 heteroatoms. The minimum atomic E-state index is 0.762. The average Bonchev–Trinajstić information content (AvgIpc) is 2.84. The highest BCUT2D eigenvalue weighted by atomic mass is 32.1. The van der Waals surface area contributed by atoms with Crippen molar-refractivity contribution in [2.24, 2.45) is 0 Å². The molecule has 3 rings (SSSR count). The maximum absolute atomic E-state index is 5.71. The zero-order chi connectivity index (χ0) is 10.3. The minimum Gasteiger partial charge on any atom is -0.399 e. The van der Waals surface area contributed by atoms with E-state index in [4.69, 9.17) is 5.73 Å². The molecule has 0 aliphatic carbocycles. The van der Waals surface area contributed by atoms with Gasteiger partial charge in [-0.1, -0.05) is 11.3 Å². The largest absolute Gasteiger partial charge is 0.399 e. The third-order valence-corrected chi connectivity index (χ3v) is 3.11. The van der Waals surface area contributed by atoms with Crippen molar-refractivity contribution in [2.75, 3.05) is 5.73 Å². The van der Waals surface area contributed by atoms with Crippen LogP contribution in [0.5, 0.6) is 0 Å². The first kappa shape index (κ1) is 8.43. The lowest BCUT2D eigenvalue weighted by Gasteiger charge is -1.90. The molecule has 0 radical (unpaired) electrons. The Morgan fingerprint density at radius 3 is 3.07 bits per heavy atom. The number of fused-ring (bicyclic) bond motifs is 1. The average molecular weight is 216 g/mol. The molecule has 4 nitrogen and oxygen atoms in total. The second kappa shape index (κ2) is 3.06. The smallest absolute Gasteiger partial charge is 0.211 e. The molecule has 2 N–H and O–H groups in total. The minimum absolute atomic E-state index is 0.762. The summed E-state index contributed by atoms with van der Waals surface area (Å²) in [5.74, 6) is 0. The van der Waals surface area contributed by atoms with Gasteiger partial charge in [-0.15, -0.1) is 0 Å². The molecule has 0 saturated heterocycles. The highest BCUT2D eigenvalue weighted by Crippen LogP contribution is 2.25. The van der Waals surface area contributed by atoms with Gasteiger partial charge in [-0.3, -0.25) is 0 Å². The number of hydrogen-bond acceptors (Lipinski definition) is 4. The van der Waals surface area contributed by atoms with Gasteiger partial charge in [0, 0.05) is 18.1 Å². The first-order chi connectivity index (χ1) is 7.33. The van der Waals surface area contributed by atoms with E-state index in [0.717, 1.165) is 21.0 Å². The number of nitrogen functional groups attached to an aromatic ring is 1. The second-order valence-corrected chi connectivity index (χ2v) is 4.18. The number of aromatic nitrogens is 3. The number of nitrogens with zero attached hydrogens (tertiary/aromatic N) is 3. The lowest BCUT2D eigenvalue weighted by molar-refractivity contribution is 0.873. The number of thiazole rings is 1.